The van der Waals surface area contributed by atoms with Crippen LogP contribution >= 0.6 is 0 Å². The molecule has 1 aromatic heterocycles. The summed E-state index contributed by atoms with van der Waals surface area (Å²) >= 11 is 0. The molecule has 0 N–H and O–H groups in total. The maximum atomic E-state index is 12.6. The Bertz CT molecular complexity index is 872. The van der Waals surface area contributed by atoms with Crippen LogP contribution in [0.2, 0.25) is 0 Å². The number of aryl methyl sites for hydroxylation is 3. The van der Waals surface area contributed by atoms with Gasteiger partial charge in [-0.2, -0.15) is 8.78 Å². The molecule has 5 heteroatoms. The van der Waals surface area contributed by atoms with Gasteiger partial charge in [-0.25, -0.2) is 9.97 Å². The number of alkyl halides is 2. The summed E-state index contributed by atoms with van der Waals surface area (Å²) in [6, 6.07) is 9.85. The maximum Gasteiger partial charge on any atom is 0.387 e. The molecule has 0 amide bonds. The van der Waals surface area contributed by atoms with Gasteiger partial charge in [0.05, 0.1) is 0 Å². The van der Waals surface area contributed by atoms with Gasteiger partial charge in [0.2, 0.25) is 0 Å². The van der Waals surface area contributed by atoms with Crippen molar-refractivity contribution in [2.24, 2.45) is 0 Å². The number of benzene rings is 2. The van der Waals surface area contributed by atoms with E-state index in [0.717, 1.165) is 27.8 Å². The van der Waals surface area contributed by atoms with Crippen LogP contribution in [0.15, 0.2) is 49.1 Å². The van der Waals surface area contributed by atoms with E-state index < -0.39 is 6.61 Å². The quantitative estimate of drug-likeness (QED) is 0.643. The van der Waals surface area contributed by atoms with Crippen molar-refractivity contribution in [3.63, 3.8) is 0 Å². The summed E-state index contributed by atoms with van der Waals surface area (Å²) in [6.45, 7) is 2.73. The first-order chi connectivity index (χ1) is 12.0. The average Bonchev–Trinajstić information content (AvgIpc) is 2.58. The Hall–Kier alpha value is -2.82. The molecule has 3 aromatic rings. The minimum Gasteiger partial charge on any atom is -0.434 e. The highest BCUT2D eigenvalue weighted by molar-refractivity contribution is 5.84. The molecule has 0 aliphatic carbocycles. The second-order valence-corrected chi connectivity index (χ2v) is 5.99. The van der Waals surface area contributed by atoms with E-state index in [-0.39, 0.29) is 5.75 Å². The van der Waals surface area contributed by atoms with Crippen molar-refractivity contribution in [1.82, 2.24) is 9.97 Å². The van der Waals surface area contributed by atoms with Crippen molar-refractivity contribution < 1.29 is 13.5 Å². The Morgan fingerprint density at radius 3 is 2.08 bits per heavy atom. The van der Waals surface area contributed by atoms with Crippen molar-refractivity contribution >= 4 is 0 Å². The highest BCUT2D eigenvalue weighted by Crippen LogP contribution is 2.36. The SMILES string of the molecule is Cc1ccc(-c2cc(C)c(OC(F)F)c(C)c2)c(-c2cncnc2)c1. The van der Waals surface area contributed by atoms with Crippen molar-refractivity contribution in [1.29, 1.82) is 0 Å². The van der Waals surface area contributed by atoms with E-state index in [4.69, 9.17) is 0 Å². The molecule has 0 fully saturated rings. The number of ether oxygens (including phenoxy) is 1. The predicted octanol–water partition coefficient (Wildman–Crippen LogP) is 5.34. The topological polar surface area (TPSA) is 35.0 Å². The number of hydrogen-bond donors (Lipinski definition) is 0. The molecular weight excluding hydrogens is 322 g/mol. The van der Waals surface area contributed by atoms with Crippen molar-refractivity contribution in [2.75, 3.05) is 0 Å². The molecule has 3 nitrogen and oxygen atoms in total. The molecule has 0 unspecified atom stereocenters. The summed E-state index contributed by atoms with van der Waals surface area (Å²) in [6.07, 6.45) is 5.02. The molecule has 25 heavy (non-hydrogen) atoms. The molecule has 0 aliphatic rings. The largest absolute Gasteiger partial charge is 0.434 e. The normalized spacial score (nSPS) is 11.0. The number of nitrogens with zero attached hydrogens (tertiary/aromatic N) is 2. The van der Waals surface area contributed by atoms with Crippen molar-refractivity contribution in [2.45, 2.75) is 27.4 Å². The molecule has 0 saturated carbocycles. The van der Waals surface area contributed by atoms with E-state index in [2.05, 4.69) is 20.8 Å². The number of halogens is 2. The average molecular weight is 340 g/mol. The van der Waals surface area contributed by atoms with Crippen LogP contribution in [-0.4, -0.2) is 16.6 Å². The van der Waals surface area contributed by atoms with Crippen LogP contribution in [0.3, 0.4) is 0 Å². The van der Waals surface area contributed by atoms with Gasteiger partial charge in [0.25, 0.3) is 0 Å². The zero-order chi connectivity index (χ0) is 18.0. The number of hydrogen-bond acceptors (Lipinski definition) is 3. The van der Waals surface area contributed by atoms with Gasteiger partial charge in [-0.3, -0.25) is 0 Å². The van der Waals surface area contributed by atoms with E-state index in [1.807, 2.05) is 31.2 Å². The molecule has 0 spiro atoms. The first kappa shape index (κ1) is 17.0. The Balaban J connectivity index is 2.15. The van der Waals surface area contributed by atoms with Crippen LogP contribution in [0.4, 0.5) is 8.78 Å². The lowest BCUT2D eigenvalue weighted by molar-refractivity contribution is -0.0507. The molecule has 0 atom stereocenters. The highest BCUT2D eigenvalue weighted by Gasteiger charge is 2.14. The van der Waals surface area contributed by atoms with Crippen LogP contribution in [0.25, 0.3) is 22.3 Å². The molecular formula is C20H18F2N2O. The third-order valence-electron chi connectivity index (χ3n) is 4.02. The van der Waals surface area contributed by atoms with Gasteiger partial charge >= 0.3 is 6.61 Å². The Labute approximate surface area is 145 Å². The van der Waals surface area contributed by atoms with Gasteiger partial charge in [0.1, 0.15) is 12.1 Å². The summed E-state index contributed by atoms with van der Waals surface area (Å²) in [5.74, 6) is 0.232. The van der Waals surface area contributed by atoms with E-state index >= 15 is 0 Å². The summed E-state index contributed by atoms with van der Waals surface area (Å²) in [5, 5.41) is 0. The summed E-state index contributed by atoms with van der Waals surface area (Å²) in [7, 11) is 0. The predicted molar refractivity (Wildman–Crippen MR) is 93.7 cm³/mol. The molecule has 0 saturated heterocycles. The Morgan fingerprint density at radius 1 is 0.840 bits per heavy atom. The molecule has 0 aliphatic heterocycles. The molecule has 1 heterocycles. The second-order valence-electron chi connectivity index (χ2n) is 5.99. The fourth-order valence-corrected chi connectivity index (χ4v) is 2.97. The fourth-order valence-electron chi connectivity index (χ4n) is 2.97. The van der Waals surface area contributed by atoms with Crippen molar-refractivity contribution in [3.8, 4) is 28.0 Å². The van der Waals surface area contributed by atoms with Crippen molar-refractivity contribution in [3.05, 3.63) is 65.7 Å². The fraction of sp³-hybridized carbons (Fsp3) is 0.200. The highest BCUT2D eigenvalue weighted by atomic mass is 19.3. The van der Waals surface area contributed by atoms with E-state index in [1.165, 1.54) is 6.33 Å². The van der Waals surface area contributed by atoms with Crippen LogP contribution in [0, 0.1) is 20.8 Å². The van der Waals surface area contributed by atoms with E-state index in [9.17, 15) is 8.78 Å². The lowest BCUT2D eigenvalue weighted by atomic mass is 9.92. The van der Waals surface area contributed by atoms with Gasteiger partial charge in [0.15, 0.2) is 0 Å². The van der Waals surface area contributed by atoms with Crippen LogP contribution in [0.5, 0.6) is 5.75 Å². The molecule has 128 valence electrons. The van der Waals surface area contributed by atoms with Gasteiger partial charge in [0, 0.05) is 18.0 Å². The lowest BCUT2D eigenvalue weighted by Crippen LogP contribution is -2.05. The summed E-state index contributed by atoms with van der Waals surface area (Å²) in [5.41, 5.74) is 6.31. The summed E-state index contributed by atoms with van der Waals surface area (Å²) in [4.78, 5) is 8.19. The minimum absolute atomic E-state index is 0.232. The van der Waals surface area contributed by atoms with Crippen LogP contribution in [0.1, 0.15) is 16.7 Å². The molecule has 2 aromatic carbocycles. The van der Waals surface area contributed by atoms with Gasteiger partial charge in [-0.15, -0.1) is 0 Å². The van der Waals surface area contributed by atoms with E-state index in [0.29, 0.717) is 11.1 Å². The Kier molecular flexibility index (Phi) is 4.74. The smallest absolute Gasteiger partial charge is 0.387 e. The monoisotopic (exact) mass is 340 g/mol. The molecule has 0 bridgehead atoms. The van der Waals surface area contributed by atoms with Gasteiger partial charge in [-0.1, -0.05) is 23.8 Å². The maximum absolute atomic E-state index is 12.6. The molecule has 0 radical (unpaired) electrons. The lowest BCUT2D eigenvalue weighted by Gasteiger charge is -2.16. The standard InChI is InChI=1S/C20H18F2N2O/c1-12-4-5-17(18(6-12)16-9-23-11-24-10-16)15-7-13(2)19(14(3)8-15)25-20(21)22/h4-11,20H,1-3H3. The van der Waals surface area contributed by atoms with Gasteiger partial charge < -0.3 is 4.74 Å². The Morgan fingerprint density at radius 2 is 1.48 bits per heavy atom. The van der Waals surface area contributed by atoms with Gasteiger partial charge in [-0.05, 0) is 60.7 Å². The number of aromatic nitrogens is 2. The van der Waals surface area contributed by atoms with Crippen LogP contribution in [-0.2, 0) is 0 Å². The zero-order valence-electron chi connectivity index (χ0n) is 14.3. The number of rotatable bonds is 4. The third kappa shape index (κ3) is 3.65. The van der Waals surface area contributed by atoms with E-state index in [1.54, 1.807) is 26.2 Å². The molecule has 3 rings (SSSR count). The first-order valence-corrected chi connectivity index (χ1v) is 7.88. The first-order valence-electron chi connectivity index (χ1n) is 7.88. The summed E-state index contributed by atoms with van der Waals surface area (Å²) < 4.78 is 29.8. The zero-order valence-corrected chi connectivity index (χ0v) is 14.3. The third-order valence-corrected chi connectivity index (χ3v) is 4.02. The second kappa shape index (κ2) is 6.97. The minimum atomic E-state index is -2.83. The van der Waals surface area contributed by atoms with Crippen LogP contribution < -0.4 is 4.74 Å².